The molecule has 1 saturated carbocycles. The van der Waals surface area contributed by atoms with E-state index < -0.39 is 14.6 Å². The molecule has 3 N–H and O–H groups in total. The molecule has 11 heteroatoms. The molecular formula is C27H31N5O4S2. The van der Waals surface area contributed by atoms with Gasteiger partial charge in [-0.15, -0.1) is 0 Å². The molecule has 38 heavy (non-hydrogen) atoms. The first-order chi connectivity index (χ1) is 18.3. The van der Waals surface area contributed by atoms with Crippen molar-refractivity contribution >= 4 is 38.7 Å². The van der Waals surface area contributed by atoms with Gasteiger partial charge in [0, 0.05) is 30.4 Å². The van der Waals surface area contributed by atoms with E-state index in [4.69, 9.17) is 32.0 Å². The highest BCUT2D eigenvalue weighted by Crippen LogP contribution is 2.55. The molecule has 2 aliphatic rings. The standard InChI is InChI=1S/C27H31N5O4S2/c1-19-18-36-16-14-32(19)24-17-23(27(11-12-27)38(34,35)22-5-3-2-4-6-22)30-25(31-24)20-7-9-21(10-8-20)29-26(37)28-13-15-33/h2-10,17,19,33H,11-16,18H2,1H3,(H2,28,29,37)/t19-/m0/s1. The molecule has 2 heterocycles. The van der Waals surface area contributed by atoms with Gasteiger partial charge in [0.1, 0.15) is 10.6 Å². The lowest BCUT2D eigenvalue weighted by molar-refractivity contribution is 0.0985. The quantitative estimate of drug-likeness (QED) is 0.359. The van der Waals surface area contributed by atoms with Gasteiger partial charge in [-0.25, -0.2) is 18.4 Å². The molecule has 0 radical (unpaired) electrons. The molecular weight excluding hydrogens is 522 g/mol. The predicted molar refractivity (Wildman–Crippen MR) is 151 cm³/mol. The van der Waals surface area contributed by atoms with Gasteiger partial charge >= 0.3 is 0 Å². The summed E-state index contributed by atoms with van der Waals surface area (Å²) in [6, 6.07) is 18.0. The average molecular weight is 554 g/mol. The number of nitrogens with one attached hydrogen (secondary N) is 2. The van der Waals surface area contributed by atoms with Crippen molar-refractivity contribution in [3.63, 3.8) is 0 Å². The van der Waals surface area contributed by atoms with E-state index >= 15 is 0 Å². The number of thiocarbonyl (C=S) groups is 1. The van der Waals surface area contributed by atoms with Crippen LogP contribution < -0.4 is 15.5 Å². The van der Waals surface area contributed by atoms with E-state index in [0.717, 1.165) is 11.3 Å². The smallest absolute Gasteiger partial charge is 0.189 e. The second kappa shape index (κ2) is 10.9. The third-order valence-corrected chi connectivity index (χ3v) is 9.70. The van der Waals surface area contributed by atoms with Gasteiger partial charge in [0.05, 0.1) is 36.5 Å². The van der Waals surface area contributed by atoms with Crippen LogP contribution in [0.4, 0.5) is 11.5 Å². The Kier molecular flexibility index (Phi) is 7.62. The van der Waals surface area contributed by atoms with Crippen molar-refractivity contribution in [3.8, 4) is 11.4 Å². The number of nitrogens with zero attached hydrogens (tertiary/aromatic N) is 3. The highest BCUT2D eigenvalue weighted by Gasteiger charge is 2.58. The molecule has 0 unspecified atom stereocenters. The lowest BCUT2D eigenvalue weighted by Gasteiger charge is -2.34. The topological polar surface area (TPSA) is 117 Å². The van der Waals surface area contributed by atoms with Crippen LogP contribution in [0.1, 0.15) is 25.5 Å². The lowest BCUT2D eigenvalue weighted by atomic mass is 10.1. The van der Waals surface area contributed by atoms with Crippen LogP contribution in [-0.4, -0.2) is 67.6 Å². The Balaban J connectivity index is 1.53. The van der Waals surface area contributed by atoms with Crippen LogP contribution in [0, 0.1) is 0 Å². The molecule has 2 aromatic carbocycles. The summed E-state index contributed by atoms with van der Waals surface area (Å²) >= 11 is 5.24. The maximum absolute atomic E-state index is 13.8. The summed E-state index contributed by atoms with van der Waals surface area (Å²) in [6.45, 7) is 4.24. The second-order valence-electron chi connectivity index (χ2n) is 9.54. The molecule has 1 saturated heterocycles. The van der Waals surface area contributed by atoms with Crippen LogP contribution in [0.2, 0.25) is 0 Å². The molecule has 0 spiro atoms. The number of anilines is 2. The van der Waals surface area contributed by atoms with Gasteiger partial charge in [-0.2, -0.15) is 0 Å². The molecule has 200 valence electrons. The van der Waals surface area contributed by atoms with Crippen LogP contribution in [0.3, 0.4) is 0 Å². The molecule has 1 aliphatic carbocycles. The Morgan fingerprint density at radius 3 is 2.55 bits per heavy atom. The molecule has 2 fully saturated rings. The molecule has 1 aliphatic heterocycles. The number of ether oxygens (including phenoxy) is 1. The van der Waals surface area contributed by atoms with E-state index in [-0.39, 0.29) is 12.6 Å². The van der Waals surface area contributed by atoms with Crippen LogP contribution in [0.5, 0.6) is 0 Å². The summed E-state index contributed by atoms with van der Waals surface area (Å²) in [4.78, 5) is 12.2. The number of sulfone groups is 1. The Morgan fingerprint density at radius 1 is 1.16 bits per heavy atom. The van der Waals surface area contributed by atoms with E-state index in [1.54, 1.807) is 24.3 Å². The van der Waals surface area contributed by atoms with E-state index in [9.17, 15) is 8.42 Å². The fourth-order valence-electron chi connectivity index (χ4n) is 4.66. The van der Waals surface area contributed by atoms with Crippen LogP contribution >= 0.6 is 12.2 Å². The van der Waals surface area contributed by atoms with Gasteiger partial charge in [0.2, 0.25) is 0 Å². The van der Waals surface area contributed by atoms with Crippen LogP contribution in [-0.2, 0) is 19.3 Å². The number of aliphatic hydroxyl groups excluding tert-OH is 1. The Morgan fingerprint density at radius 2 is 1.89 bits per heavy atom. The Bertz CT molecular complexity index is 1400. The first-order valence-corrected chi connectivity index (χ1v) is 14.5. The summed E-state index contributed by atoms with van der Waals surface area (Å²) < 4.78 is 32.2. The van der Waals surface area contributed by atoms with Gasteiger partial charge in [0.15, 0.2) is 20.8 Å². The lowest BCUT2D eigenvalue weighted by Crippen LogP contribution is -2.44. The normalized spacial score (nSPS) is 18.6. The van der Waals surface area contributed by atoms with Crippen molar-refractivity contribution in [3.05, 3.63) is 66.4 Å². The van der Waals surface area contributed by atoms with Gasteiger partial charge in [0.25, 0.3) is 0 Å². The Labute approximate surface area is 228 Å². The van der Waals surface area contributed by atoms with Crippen molar-refractivity contribution in [2.24, 2.45) is 0 Å². The van der Waals surface area contributed by atoms with Gasteiger partial charge < -0.3 is 25.4 Å². The van der Waals surface area contributed by atoms with E-state index in [1.807, 2.05) is 36.4 Å². The third kappa shape index (κ3) is 5.24. The molecule has 1 aromatic heterocycles. The number of morpholine rings is 1. The van der Waals surface area contributed by atoms with E-state index in [0.29, 0.717) is 66.5 Å². The highest BCUT2D eigenvalue weighted by atomic mass is 32.2. The zero-order chi connectivity index (χ0) is 26.8. The fourth-order valence-corrected chi connectivity index (χ4v) is 6.87. The van der Waals surface area contributed by atoms with E-state index in [1.165, 1.54) is 0 Å². The molecule has 5 rings (SSSR count). The summed E-state index contributed by atoms with van der Waals surface area (Å²) in [5.74, 6) is 1.17. The summed E-state index contributed by atoms with van der Waals surface area (Å²) in [5, 5.41) is 15.4. The molecule has 0 amide bonds. The monoisotopic (exact) mass is 553 g/mol. The van der Waals surface area contributed by atoms with Gasteiger partial charge in [-0.1, -0.05) is 18.2 Å². The third-order valence-electron chi connectivity index (χ3n) is 6.91. The SMILES string of the molecule is C[C@H]1COCCN1c1cc(C2(S(=O)(=O)c3ccccc3)CC2)nc(-c2ccc(NC(=S)NCCO)cc2)n1. The van der Waals surface area contributed by atoms with Crippen LogP contribution in [0.15, 0.2) is 65.6 Å². The molecule has 9 nitrogen and oxygen atoms in total. The first-order valence-electron chi connectivity index (χ1n) is 12.6. The van der Waals surface area contributed by atoms with E-state index in [2.05, 4.69) is 22.5 Å². The molecule has 3 aromatic rings. The minimum absolute atomic E-state index is 0.0139. The van der Waals surface area contributed by atoms with Gasteiger partial charge in [-0.3, -0.25) is 0 Å². The minimum Gasteiger partial charge on any atom is -0.395 e. The van der Waals surface area contributed by atoms with Gasteiger partial charge in [-0.05, 0) is 68.4 Å². The number of aromatic nitrogens is 2. The zero-order valence-corrected chi connectivity index (χ0v) is 22.8. The minimum atomic E-state index is -3.65. The van der Waals surface area contributed by atoms with Crippen LogP contribution in [0.25, 0.3) is 11.4 Å². The second-order valence-corrected chi connectivity index (χ2v) is 12.2. The largest absolute Gasteiger partial charge is 0.395 e. The molecule has 0 bridgehead atoms. The summed E-state index contributed by atoms with van der Waals surface area (Å²) in [7, 11) is -3.65. The number of aliphatic hydroxyl groups is 1. The maximum atomic E-state index is 13.8. The predicted octanol–water partition coefficient (Wildman–Crippen LogP) is 3.11. The zero-order valence-electron chi connectivity index (χ0n) is 21.1. The van der Waals surface area contributed by atoms with Crippen molar-refractivity contribution < 1.29 is 18.3 Å². The number of hydrogen-bond acceptors (Lipinski definition) is 8. The Hall–Kier alpha value is -3.12. The van der Waals surface area contributed by atoms with Crippen molar-refractivity contribution in [2.75, 3.05) is 43.1 Å². The van der Waals surface area contributed by atoms with Crippen molar-refractivity contribution in [2.45, 2.75) is 35.4 Å². The summed E-state index contributed by atoms with van der Waals surface area (Å²) in [5.41, 5.74) is 2.06. The maximum Gasteiger partial charge on any atom is 0.189 e. The fraction of sp³-hybridized carbons (Fsp3) is 0.370. The average Bonchev–Trinajstić information content (AvgIpc) is 3.76. The van der Waals surface area contributed by atoms with Crippen molar-refractivity contribution in [1.82, 2.24) is 15.3 Å². The summed E-state index contributed by atoms with van der Waals surface area (Å²) in [6.07, 6.45) is 1.03. The number of benzene rings is 2. The first kappa shape index (κ1) is 26.5. The highest BCUT2D eigenvalue weighted by molar-refractivity contribution is 7.92. The van der Waals surface area contributed by atoms with Crippen molar-refractivity contribution in [1.29, 1.82) is 0 Å². The number of hydrogen-bond donors (Lipinski definition) is 3. The number of rotatable bonds is 8. The molecule has 1 atom stereocenters.